The second kappa shape index (κ2) is 48.6. The van der Waals surface area contributed by atoms with Crippen LogP contribution in [-0.2, 0) is 62.3 Å². The van der Waals surface area contributed by atoms with Gasteiger partial charge in [-0.1, -0.05) is 195 Å². The van der Waals surface area contributed by atoms with E-state index in [0.717, 1.165) is 63.1 Å². The molecule has 0 bridgehead atoms. The smallest absolute Gasteiger partial charge is 0.465 e. The monoisotopic (exact) mass is 1300 g/mol. The fourth-order valence-electron chi connectivity index (χ4n) is 12.2. The van der Waals surface area contributed by atoms with Gasteiger partial charge in [0.25, 0.3) is 0 Å². The van der Waals surface area contributed by atoms with Crippen molar-refractivity contribution in [2.75, 3.05) is 62.5 Å². The molecule has 6 unspecified atom stereocenters. The largest absolute Gasteiger partial charge is 0.500 e. The normalized spacial score (nSPS) is 24.4. The first-order valence-electron chi connectivity index (χ1n) is 33.4. The quantitative estimate of drug-likeness (QED) is 0.0189. The lowest BCUT2D eigenvalue weighted by Gasteiger charge is -2.43. The Bertz CT molecular complexity index is 1500. The van der Waals surface area contributed by atoms with Crippen LogP contribution in [0.25, 0.3) is 0 Å². The molecule has 2 aliphatic heterocycles. The average molecular weight is 1310 g/mol. The van der Waals surface area contributed by atoms with Crippen LogP contribution in [0.3, 0.4) is 0 Å². The van der Waals surface area contributed by atoms with Gasteiger partial charge in [-0.25, -0.2) is 9.78 Å². The van der Waals surface area contributed by atoms with Crippen LogP contribution in [0.2, 0.25) is 100 Å². The first-order valence-corrected chi connectivity index (χ1v) is 53.0. The van der Waals surface area contributed by atoms with Crippen molar-refractivity contribution in [3.05, 3.63) is 0 Å². The highest BCUT2D eigenvalue weighted by atomic mass is 28.5. The number of carbonyl (C=O) groups is 1. The van der Waals surface area contributed by atoms with E-state index < -0.39 is 69.4 Å². The van der Waals surface area contributed by atoms with Crippen molar-refractivity contribution >= 4 is 75.4 Å². The molecule has 22 heteroatoms. The number of unbranched alkanes of at least 4 members (excludes halogenated alkanes) is 22. The molecule has 492 valence electrons. The van der Waals surface area contributed by atoms with E-state index in [2.05, 4.69) is 82.9 Å². The SMILES string of the molecule is CCCCCCCCCCCCCC[Si]1(C)O[Si](C)(CC(C)C(=O)OCCC[Si](OC)(OC)OC)CCCCO[Si](C)(C)O1.CCCCCCCCCCCCCC[Si]1(C)O[Si](C)(CC(C)[SiH2]OC)CCCCO[Si](C)(C)O1.COOC. The zero-order valence-electron chi connectivity index (χ0n) is 57.2. The molecule has 14 nitrogen and oxygen atoms in total. The summed E-state index contributed by atoms with van der Waals surface area (Å²) in [6, 6.07) is 6.98. The van der Waals surface area contributed by atoms with Gasteiger partial charge < -0.3 is 47.8 Å². The van der Waals surface area contributed by atoms with Gasteiger partial charge in [-0.2, -0.15) is 0 Å². The molecule has 0 spiro atoms. The first kappa shape index (κ1) is 82.7. The van der Waals surface area contributed by atoms with Crippen LogP contribution < -0.4 is 0 Å². The number of carbonyl (C=O) groups excluding carboxylic acids is 1. The van der Waals surface area contributed by atoms with Gasteiger partial charge >= 0.3 is 49.0 Å². The Morgan fingerprint density at radius 1 is 0.476 bits per heavy atom. The Balaban J connectivity index is 0.00000154. The van der Waals surface area contributed by atoms with Crippen LogP contribution >= 0.6 is 0 Å². The van der Waals surface area contributed by atoms with Gasteiger partial charge in [0.15, 0.2) is 26.4 Å². The number of esters is 1. The second-order valence-corrected chi connectivity index (χ2v) is 54.0. The minimum absolute atomic E-state index is 0.151. The van der Waals surface area contributed by atoms with E-state index in [1.54, 1.807) is 21.3 Å². The zero-order valence-corrected chi connectivity index (χ0v) is 65.6. The molecular weight excluding hydrogens is 1170 g/mol. The van der Waals surface area contributed by atoms with E-state index in [4.69, 9.17) is 47.8 Å². The third-order valence-electron chi connectivity index (χ3n) is 16.3. The molecule has 0 aromatic rings. The van der Waals surface area contributed by atoms with Gasteiger partial charge in [-0.05, 0) is 113 Å². The molecule has 6 atom stereocenters. The number of rotatable bonds is 41. The molecule has 2 heterocycles. The maximum atomic E-state index is 13.1. The molecule has 2 rings (SSSR count). The number of ether oxygens (including phenoxy) is 1. The van der Waals surface area contributed by atoms with Gasteiger partial charge in [0, 0.05) is 47.7 Å². The van der Waals surface area contributed by atoms with Crippen LogP contribution in [0, 0.1) is 5.92 Å². The van der Waals surface area contributed by atoms with Crippen LogP contribution in [0.4, 0.5) is 0 Å². The molecule has 0 aliphatic carbocycles. The Morgan fingerprint density at radius 2 is 0.829 bits per heavy atom. The van der Waals surface area contributed by atoms with Gasteiger partial charge in [0.1, 0.15) is 0 Å². The summed E-state index contributed by atoms with van der Waals surface area (Å²) in [6.45, 7) is 29.1. The van der Waals surface area contributed by atoms with E-state index in [1.165, 1.54) is 180 Å². The van der Waals surface area contributed by atoms with Crippen molar-refractivity contribution in [2.24, 2.45) is 5.92 Å². The van der Waals surface area contributed by atoms with Crippen molar-refractivity contribution in [1.29, 1.82) is 0 Å². The summed E-state index contributed by atoms with van der Waals surface area (Å²) in [6.07, 6.45) is 37.8. The summed E-state index contributed by atoms with van der Waals surface area (Å²) in [7, 11) is -6.77. The number of hydrogen-bond acceptors (Lipinski definition) is 14. The lowest BCUT2D eigenvalue weighted by molar-refractivity contribution is -0.248. The standard InChI is InChI=1S/C32H70O8Si4.C26H60O4Si4.C2H6O2/c1-10-11-12-13-14-15-16-17-18-19-20-22-28-43(9)39-41(6,7)38-26-21-23-27-42(8,40-43)30-31(2)32(33)37-25-24-29-44(34-3,35-4)36-5;1-8-9-10-11-12-13-14-15-16-17-18-20-24-34(7)29-32(4,5)28-22-19-21-23-33(6,30-34)25-26(2)31-27-3;1-3-4-2/h31H,10-30H2,1-9H3;26H,8-25,31H2,1-7H3;1-2H3. The molecule has 2 fully saturated rings. The van der Waals surface area contributed by atoms with Gasteiger partial charge in [0.05, 0.1) is 26.7 Å². The Kier molecular flexibility index (Phi) is 49.0. The fourth-order valence-corrected chi connectivity index (χ4v) is 46.4. The van der Waals surface area contributed by atoms with E-state index >= 15 is 0 Å². The molecule has 0 amide bonds. The maximum Gasteiger partial charge on any atom is 0.500 e. The highest BCUT2D eigenvalue weighted by Gasteiger charge is 2.48. The third kappa shape index (κ3) is 42.6. The summed E-state index contributed by atoms with van der Waals surface area (Å²) >= 11 is 0. The molecule has 0 N–H and O–H groups in total. The van der Waals surface area contributed by atoms with E-state index in [9.17, 15) is 4.79 Å². The summed E-state index contributed by atoms with van der Waals surface area (Å²) in [5.74, 6) is -0.363. The van der Waals surface area contributed by atoms with Crippen LogP contribution in [0.15, 0.2) is 0 Å². The fraction of sp³-hybridized carbons (Fsp3) is 0.983. The van der Waals surface area contributed by atoms with Crippen LogP contribution in [0.1, 0.15) is 214 Å². The Labute approximate surface area is 517 Å². The lowest BCUT2D eigenvalue weighted by Crippen LogP contribution is -2.57. The predicted molar refractivity (Wildman–Crippen MR) is 362 cm³/mol. The third-order valence-corrected chi connectivity index (χ3v) is 45.8. The summed E-state index contributed by atoms with van der Waals surface area (Å²) in [5, 5.41) is 0. The molecule has 2 aliphatic rings. The highest BCUT2D eigenvalue weighted by Crippen LogP contribution is 2.37. The van der Waals surface area contributed by atoms with Crippen molar-refractivity contribution < 1.29 is 62.3 Å². The second-order valence-electron chi connectivity index (χ2n) is 26.0. The lowest BCUT2D eigenvalue weighted by atomic mass is 10.1. The summed E-state index contributed by atoms with van der Waals surface area (Å²) in [5.41, 5.74) is 0.691. The Morgan fingerprint density at radius 3 is 1.17 bits per heavy atom. The average Bonchev–Trinajstić information content (AvgIpc) is 3.40. The van der Waals surface area contributed by atoms with E-state index in [1.807, 2.05) is 14.0 Å². The number of hydrogen-bond donors (Lipinski definition) is 0. The molecule has 2 saturated heterocycles. The minimum Gasteiger partial charge on any atom is -0.465 e. The van der Waals surface area contributed by atoms with Crippen molar-refractivity contribution in [3.63, 3.8) is 0 Å². The van der Waals surface area contributed by atoms with Crippen molar-refractivity contribution in [2.45, 2.75) is 314 Å². The zero-order chi connectivity index (χ0) is 61.7. The van der Waals surface area contributed by atoms with Crippen LogP contribution in [0.5, 0.6) is 0 Å². The first-order chi connectivity index (χ1) is 38.9. The maximum absolute atomic E-state index is 13.1. The van der Waals surface area contributed by atoms with Crippen molar-refractivity contribution in [1.82, 2.24) is 0 Å². The van der Waals surface area contributed by atoms with E-state index in [-0.39, 0.29) is 11.9 Å². The van der Waals surface area contributed by atoms with Gasteiger partial charge in [0.2, 0.25) is 0 Å². The molecule has 0 radical (unpaired) electrons. The Hall–Kier alpha value is 0.725. The molecule has 0 saturated carbocycles. The minimum atomic E-state index is -2.66. The molecule has 0 aromatic carbocycles. The summed E-state index contributed by atoms with van der Waals surface area (Å²) < 4.78 is 68.6. The van der Waals surface area contributed by atoms with Gasteiger partial charge in [-0.15, -0.1) is 0 Å². The van der Waals surface area contributed by atoms with Gasteiger partial charge in [-0.3, -0.25) is 4.79 Å². The highest BCUT2D eigenvalue weighted by molar-refractivity contribution is 6.88. The van der Waals surface area contributed by atoms with Crippen LogP contribution in [-0.4, -0.2) is 138 Å². The summed E-state index contributed by atoms with van der Waals surface area (Å²) in [4.78, 5) is 21.1. The van der Waals surface area contributed by atoms with Crippen molar-refractivity contribution in [3.8, 4) is 0 Å². The molecule has 82 heavy (non-hydrogen) atoms. The predicted octanol–water partition coefficient (Wildman–Crippen LogP) is 17.9. The molecule has 0 aromatic heterocycles. The molecular formula is C60H136O14Si8. The van der Waals surface area contributed by atoms with E-state index in [0.29, 0.717) is 24.6 Å². The topological polar surface area (TPSA) is 137 Å².